The van der Waals surface area contributed by atoms with Crippen LogP contribution in [0.3, 0.4) is 0 Å². The van der Waals surface area contributed by atoms with Crippen molar-refractivity contribution in [3.05, 3.63) is 71.3 Å². The van der Waals surface area contributed by atoms with Crippen LogP contribution in [0.15, 0.2) is 53.4 Å². The van der Waals surface area contributed by atoms with Gasteiger partial charge in [0.25, 0.3) is 10.0 Å². The Bertz CT molecular complexity index is 1070. The number of rotatable bonds is 5. The van der Waals surface area contributed by atoms with Gasteiger partial charge in [-0.15, -0.1) is 10.2 Å². The van der Waals surface area contributed by atoms with Gasteiger partial charge < -0.3 is 5.32 Å². The van der Waals surface area contributed by atoms with Crippen LogP contribution in [0, 0.1) is 25.5 Å². The van der Waals surface area contributed by atoms with E-state index in [0.717, 1.165) is 17.7 Å². The SMILES string of the molecule is Cc1ccc(C)c(S(=O)(=O)Nc2ccc(Nc3c(F)cccc3F)nn2)c1. The fourth-order valence-electron chi connectivity index (χ4n) is 2.39. The molecule has 27 heavy (non-hydrogen) atoms. The highest BCUT2D eigenvalue weighted by Crippen LogP contribution is 2.23. The Balaban J connectivity index is 1.81. The van der Waals surface area contributed by atoms with Gasteiger partial charge in [0.2, 0.25) is 0 Å². The second-order valence-corrected chi connectivity index (χ2v) is 7.55. The van der Waals surface area contributed by atoms with Crippen LogP contribution in [0.2, 0.25) is 0 Å². The van der Waals surface area contributed by atoms with Gasteiger partial charge in [-0.25, -0.2) is 17.2 Å². The number of sulfonamides is 1. The first-order chi connectivity index (χ1) is 12.8. The molecule has 140 valence electrons. The monoisotopic (exact) mass is 390 g/mol. The molecule has 2 aromatic carbocycles. The normalized spacial score (nSPS) is 11.3. The van der Waals surface area contributed by atoms with Crippen LogP contribution in [-0.2, 0) is 10.0 Å². The summed E-state index contributed by atoms with van der Waals surface area (Å²) in [6, 6.07) is 11.2. The van der Waals surface area contributed by atoms with E-state index in [1.807, 2.05) is 6.07 Å². The van der Waals surface area contributed by atoms with Crippen molar-refractivity contribution >= 4 is 27.3 Å². The third kappa shape index (κ3) is 4.20. The first-order valence-electron chi connectivity index (χ1n) is 7.91. The van der Waals surface area contributed by atoms with Crippen LogP contribution in [-0.4, -0.2) is 18.6 Å². The summed E-state index contributed by atoms with van der Waals surface area (Å²) in [5, 5.41) is 9.98. The summed E-state index contributed by atoms with van der Waals surface area (Å²) in [4.78, 5) is 0.139. The van der Waals surface area contributed by atoms with Crippen LogP contribution >= 0.6 is 0 Å². The number of nitrogens with zero attached hydrogens (tertiary/aromatic N) is 2. The van der Waals surface area contributed by atoms with Gasteiger partial charge in [-0.05, 0) is 55.3 Å². The number of nitrogens with one attached hydrogen (secondary N) is 2. The number of aromatic nitrogens is 2. The topological polar surface area (TPSA) is 84.0 Å². The molecular formula is C18H16F2N4O2S. The molecule has 0 atom stereocenters. The second-order valence-electron chi connectivity index (χ2n) is 5.90. The molecule has 0 aliphatic heterocycles. The number of para-hydroxylation sites is 1. The molecule has 0 aliphatic carbocycles. The molecule has 6 nitrogen and oxygen atoms in total. The first kappa shape index (κ1) is 18.7. The molecule has 3 rings (SSSR count). The summed E-state index contributed by atoms with van der Waals surface area (Å²) in [5.74, 6) is -1.52. The van der Waals surface area contributed by atoms with E-state index in [4.69, 9.17) is 0 Å². The van der Waals surface area contributed by atoms with Crippen molar-refractivity contribution in [3.8, 4) is 0 Å². The highest BCUT2D eigenvalue weighted by atomic mass is 32.2. The van der Waals surface area contributed by atoms with Crippen molar-refractivity contribution in [1.82, 2.24) is 10.2 Å². The molecule has 1 heterocycles. The van der Waals surface area contributed by atoms with E-state index >= 15 is 0 Å². The summed E-state index contributed by atoms with van der Waals surface area (Å²) in [7, 11) is -3.84. The van der Waals surface area contributed by atoms with Gasteiger partial charge in [-0.3, -0.25) is 4.72 Å². The zero-order valence-electron chi connectivity index (χ0n) is 14.5. The number of hydrogen-bond acceptors (Lipinski definition) is 5. The number of aryl methyl sites for hydroxylation is 2. The maximum absolute atomic E-state index is 13.7. The lowest BCUT2D eigenvalue weighted by atomic mass is 10.2. The van der Waals surface area contributed by atoms with Gasteiger partial charge in [-0.2, -0.15) is 0 Å². The van der Waals surface area contributed by atoms with Gasteiger partial charge in [0.1, 0.15) is 17.3 Å². The van der Waals surface area contributed by atoms with E-state index in [1.165, 1.54) is 18.2 Å². The Morgan fingerprint density at radius 3 is 2.15 bits per heavy atom. The van der Waals surface area contributed by atoms with Gasteiger partial charge in [0, 0.05) is 0 Å². The Morgan fingerprint density at radius 2 is 1.52 bits per heavy atom. The highest BCUT2D eigenvalue weighted by molar-refractivity contribution is 7.92. The minimum absolute atomic E-state index is 0.0181. The average molecular weight is 390 g/mol. The van der Waals surface area contributed by atoms with Crippen molar-refractivity contribution in [3.63, 3.8) is 0 Å². The fourth-order valence-corrected chi connectivity index (χ4v) is 3.72. The zero-order chi connectivity index (χ0) is 19.6. The fraction of sp³-hybridized carbons (Fsp3) is 0.111. The Kier molecular flexibility index (Phi) is 5.04. The molecule has 9 heteroatoms. The van der Waals surface area contributed by atoms with E-state index < -0.39 is 21.7 Å². The van der Waals surface area contributed by atoms with Gasteiger partial charge >= 0.3 is 0 Å². The molecule has 0 radical (unpaired) electrons. The predicted octanol–water partition coefficient (Wildman–Crippen LogP) is 3.92. The highest BCUT2D eigenvalue weighted by Gasteiger charge is 2.18. The maximum atomic E-state index is 13.7. The molecule has 1 aromatic heterocycles. The summed E-state index contributed by atoms with van der Waals surface area (Å²) < 4.78 is 54.7. The van der Waals surface area contributed by atoms with Crippen LogP contribution in [0.5, 0.6) is 0 Å². The third-order valence-electron chi connectivity index (χ3n) is 3.75. The molecule has 3 aromatic rings. The molecule has 0 aliphatic rings. The van der Waals surface area contributed by atoms with Crippen LogP contribution < -0.4 is 10.0 Å². The number of hydrogen-bond donors (Lipinski definition) is 2. The first-order valence-corrected chi connectivity index (χ1v) is 9.39. The summed E-state index contributed by atoms with van der Waals surface area (Å²) >= 11 is 0. The Hall–Kier alpha value is -3.07. The lowest BCUT2D eigenvalue weighted by molar-refractivity contribution is 0.590. The maximum Gasteiger partial charge on any atom is 0.263 e. The van der Waals surface area contributed by atoms with Crippen molar-refractivity contribution < 1.29 is 17.2 Å². The summed E-state index contributed by atoms with van der Waals surface area (Å²) in [5.41, 5.74) is 1.03. The lowest BCUT2D eigenvalue weighted by Crippen LogP contribution is -2.16. The van der Waals surface area contributed by atoms with E-state index in [0.29, 0.717) is 5.56 Å². The molecule has 0 bridgehead atoms. The van der Waals surface area contributed by atoms with E-state index in [-0.39, 0.29) is 22.2 Å². The van der Waals surface area contributed by atoms with Crippen molar-refractivity contribution in [2.75, 3.05) is 10.0 Å². The second kappa shape index (κ2) is 7.28. The standard InChI is InChI=1S/C18H16F2N4O2S/c1-11-6-7-12(2)15(10-11)27(25,26)24-17-9-8-16(22-23-17)21-18-13(19)4-3-5-14(18)20/h3-10H,1-2H3,(H,21,22)(H,23,24). The number of halogens is 2. The van der Waals surface area contributed by atoms with E-state index in [1.54, 1.807) is 26.0 Å². The zero-order valence-corrected chi connectivity index (χ0v) is 15.3. The van der Waals surface area contributed by atoms with Crippen LogP contribution in [0.4, 0.5) is 26.1 Å². The molecule has 0 unspecified atom stereocenters. The summed E-state index contributed by atoms with van der Waals surface area (Å²) in [6.45, 7) is 3.48. The summed E-state index contributed by atoms with van der Waals surface area (Å²) in [6.07, 6.45) is 0. The molecule has 0 saturated carbocycles. The minimum atomic E-state index is -3.84. The van der Waals surface area contributed by atoms with E-state index in [9.17, 15) is 17.2 Å². The molecule has 0 amide bonds. The number of benzene rings is 2. The van der Waals surface area contributed by atoms with Crippen LogP contribution in [0.25, 0.3) is 0 Å². The smallest absolute Gasteiger partial charge is 0.263 e. The lowest BCUT2D eigenvalue weighted by Gasteiger charge is -2.11. The van der Waals surface area contributed by atoms with Crippen molar-refractivity contribution in [2.24, 2.45) is 0 Å². The largest absolute Gasteiger partial charge is 0.334 e. The van der Waals surface area contributed by atoms with Crippen LogP contribution in [0.1, 0.15) is 11.1 Å². The molecular weight excluding hydrogens is 374 g/mol. The quantitative estimate of drug-likeness (QED) is 0.690. The Morgan fingerprint density at radius 1 is 0.889 bits per heavy atom. The van der Waals surface area contributed by atoms with Crippen molar-refractivity contribution in [2.45, 2.75) is 18.7 Å². The van der Waals surface area contributed by atoms with Gasteiger partial charge in [0.15, 0.2) is 11.6 Å². The average Bonchev–Trinajstić information content (AvgIpc) is 2.61. The molecule has 2 N–H and O–H groups in total. The van der Waals surface area contributed by atoms with Crippen molar-refractivity contribution in [1.29, 1.82) is 0 Å². The van der Waals surface area contributed by atoms with E-state index in [2.05, 4.69) is 20.2 Å². The molecule has 0 fully saturated rings. The third-order valence-corrected chi connectivity index (χ3v) is 5.25. The predicted molar refractivity (Wildman–Crippen MR) is 98.4 cm³/mol. The molecule has 0 saturated heterocycles. The van der Waals surface area contributed by atoms with Gasteiger partial charge in [0.05, 0.1) is 4.90 Å². The molecule has 0 spiro atoms. The van der Waals surface area contributed by atoms with Gasteiger partial charge in [-0.1, -0.05) is 18.2 Å². The number of anilines is 3. The Labute approximate surface area is 155 Å². The minimum Gasteiger partial charge on any atom is -0.334 e.